The first-order valence-corrected chi connectivity index (χ1v) is 5.38. The van der Waals surface area contributed by atoms with Crippen LogP contribution in [0, 0.1) is 17.3 Å². The lowest BCUT2D eigenvalue weighted by Crippen LogP contribution is -2.46. The molecule has 0 amide bonds. The van der Waals surface area contributed by atoms with Crippen LogP contribution in [0.3, 0.4) is 0 Å². The summed E-state index contributed by atoms with van der Waals surface area (Å²) in [5, 5.41) is 19.9. The maximum absolute atomic E-state index is 10.1. The molecule has 2 nitrogen and oxygen atoms in total. The highest BCUT2D eigenvalue weighted by Gasteiger charge is 2.48. The van der Waals surface area contributed by atoms with Crippen molar-refractivity contribution in [1.82, 2.24) is 0 Å². The summed E-state index contributed by atoms with van der Waals surface area (Å²) in [6.45, 7) is 4.22. The first-order valence-electron chi connectivity index (χ1n) is 5.38. The minimum absolute atomic E-state index is 0.00644. The van der Waals surface area contributed by atoms with E-state index < -0.39 is 0 Å². The molecule has 2 aliphatic rings. The van der Waals surface area contributed by atoms with E-state index in [1.807, 2.05) is 0 Å². The van der Waals surface area contributed by atoms with Gasteiger partial charge in [0.15, 0.2) is 0 Å². The number of hydrogen-bond donors (Lipinski definition) is 2. The van der Waals surface area contributed by atoms with Crippen LogP contribution in [0.5, 0.6) is 0 Å². The lowest BCUT2D eigenvalue weighted by atomic mass is 9.65. The number of fused-ring (bicyclic) bond motifs is 1. The van der Waals surface area contributed by atoms with Gasteiger partial charge in [0.25, 0.3) is 0 Å². The van der Waals surface area contributed by atoms with Gasteiger partial charge in [-0.2, -0.15) is 0 Å². The van der Waals surface area contributed by atoms with E-state index in [4.69, 9.17) is 0 Å². The maximum Gasteiger partial charge on any atom is 0.0646 e. The van der Waals surface area contributed by atoms with Gasteiger partial charge in [0.2, 0.25) is 0 Å². The molecule has 4 atom stereocenters. The minimum Gasteiger partial charge on any atom is -0.393 e. The Kier molecular flexibility index (Phi) is 2.16. The van der Waals surface area contributed by atoms with E-state index in [9.17, 15) is 10.2 Å². The van der Waals surface area contributed by atoms with Gasteiger partial charge in [-0.05, 0) is 37.0 Å². The Hall–Kier alpha value is -0.0800. The van der Waals surface area contributed by atoms with Crippen molar-refractivity contribution in [2.45, 2.75) is 51.7 Å². The van der Waals surface area contributed by atoms with Gasteiger partial charge in [0, 0.05) is 5.92 Å². The van der Waals surface area contributed by atoms with Crippen molar-refractivity contribution >= 4 is 0 Å². The molecule has 2 N–H and O–H groups in total. The molecule has 0 aromatic rings. The van der Waals surface area contributed by atoms with Gasteiger partial charge in [-0.1, -0.05) is 13.8 Å². The van der Waals surface area contributed by atoms with Gasteiger partial charge in [-0.25, -0.2) is 0 Å². The summed E-state index contributed by atoms with van der Waals surface area (Å²) in [5.41, 5.74) is 0.00644. The molecule has 0 radical (unpaired) electrons. The average Bonchev–Trinajstić information content (AvgIpc) is 2.41. The predicted molar refractivity (Wildman–Crippen MR) is 51.2 cm³/mol. The second-order valence-electron chi connectivity index (χ2n) is 5.45. The Balaban J connectivity index is 2.18. The zero-order valence-electron chi connectivity index (χ0n) is 8.53. The molecule has 2 aliphatic carbocycles. The standard InChI is InChI=1S/C11H20O2/c1-11(2)6-5-7-3-4-8(12)9(7)10(11)13/h7-10,12-13H,3-6H2,1-2H3. The molecular formula is C11H20O2. The monoisotopic (exact) mass is 184 g/mol. The van der Waals surface area contributed by atoms with E-state index in [-0.39, 0.29) is 23.5 Å². The lowest BCUT2D eigenvalue weighted by molar-refractivity contribution is -0.0828. The molecule has 2 heteroatoms. The Labute approximate surface area is 80.0 Å². The van der Waals surface area contributed by atoms with Crippen molar-refractivity contribution in [3.8, 4) is 0 Å². The topological polar surface area (TPSA) is 40.5 Å². The zero-order chi connectivity index (χ0) is 9.64. The van der Waals surface area contributed by atoms with Crippen LogP contribution in [0.2, 0.25) is 0 Å². The highest BCUT2D eigenvalue weighted by Crippen LogP contribution is 2.49. The van der Waals surface area contributed by atoms with E-state index >= 15 is 0 Å². The number of aliphatic hydroxyl groups excluding tert-OH is 2. The normalized spacial score (nSPS) is 48.9. The Bertz CT molecular complexity index is 200. The molecular weight excluding hydrogens is 164 g/mol. The smallest absolute Gasteiger partial charge is 0.0646 e. The van der Waals surface area contributed by atoms with Gasteiger partial charge in [-0.3, -0.25) is 0 Å². The van der Waals surface area contributed by atoms with Crippen LogP contribution >= 0.6 is 0 Å². The Morgan fingerprint density at radius 3 is 2.46 bits per heavy atom. The number of hydrogen-bond acceptors (Lipinski definition) is 2. The largest absolute Gasteiger partial charge is 0.393 e. The fraction of sp³-hybridized carbons (Fsp3) is 1.00. The van der Waals surface area contributed by atoms with Crippen LogP contribution < -0.4 is 0 Å². The summed E-state index contributed by atoms with van der Waals surface area (Å²) in [6.07, 6.45) is 3.73. The summed E-state index contributed by atoms with van der Waals surface area (Å²) < 4.78 is 0. The molecule has 2 rings (SSSR count). The van der Waals surface area contributed by atoms with Crippen LogP contribution in [-0.2, 0) is 0 Å². The molecule has 0 heterocycles. The summed E-state index contributed by atoms with van der Waals surface area (Å²) in [6, 6.07) is 0. The second kappa shape index (κ2) is 2.96. The van der Waals surface area contributed by atoms with E-state index in [0.29, 0.717) is 5.92 Å². The third-order valence-electron chi connectivity index (χ3n) is 4.15. The van der Waals surface area contributed by atoms with Crippen molar-refractivity contribution in [3.63, 3.8) is 0 Å². The fourth-order valence-electron chi connectivity index (χ4n) is 3.12. The summed E-state index contributed by atoms with van der Waals surface area (Å²) in [4.78, 5) is 0. The molecule has 76 valence electrons. The molecule has 2 fully saturated rings. The highest BCUT2D eigenvalue weighted by molar-refractivity contribution is 4.98. The van der Waals surface area contributed by atoms with Crippen molar-refractivity contribution in [1.29, 1.82) is 0 Å². The third kappa shape index (κ3) is 1.40. The highest BCUT2D eigenvalue weighted by atomic mass is 16.3. The van der Waals surface area contributed by atoms with E-state index in [2.05, 4.69) is 13.8 Å². The first kappa shape index (κ1) is 9.47. The fourth-order valence-corrected chi connectivity index (χ4v) is 3.12. The van der Waals surface area contributed by atoms with Crippen molar-refractivity contribution in [3.05, 3.63) is 0 Å². The van der Waals surface area contributed by atoms with Crippen molar-refractivity contribution in [2.24, 2.45) is 17.3 Å². The van der Waals surface area contributed by atoms with E-state index in [0.717, 1.165) is 19.3 Å². The van der Waals surface area contributed by atoms with Crippen molar-refractivity contribution in [2.75, 3.05) is 0 Å². The van der Waals surface area contributed by atoms with Crippen LogP contribution in [0.4, 0.5) is 0 Å². The van der Waals surface area contributed by atoms with Gasteiger partial charge >= 0.3 is 0 Å². The zero-order valence-corrected chi connectivity index (χ0v) is 8.53. The summed E-state index contributed by atoms with van der Waals surface area (Å²) in [7, 11) is 0. The van der Waals surface area contributed by atoms with Crippen LogP contribution in [0.15, 0.2) is 0 Å². The number of aliphatic hydroxyl groups is 2. The van der Waals surface area contributed by atoms with Gasteiger partial charge < -0.3 is 10.2 Å². The third-order valence-corrected chi connectivity index (χ3v) is 4.15. The quantitative estimate of drug-likeness (QED) is 0.599. The van der Waals surface area contributed by atoms with Crippen LogP contribution in [0.25, 0.3) is 0 Å². The molecule has 2 saturated carbocycles. The molecule has 4 unspecified atom stereocenters. The summed E-state index contributed by atoms with van der Waals surface area (Å²) >= 11 is 0. The molecule has 0 saturated heterocycles. The Morgan fingerprint density at radius 1 is 1.08 bits per heavy atom. The molecule has 0 aromatic heterocycles. The van der Waals surface area contributed by atoms with Crippen LogP contribution in [-0.4, -0.2) is 22.4 Å². The van der Waals surface area contributed by atoms with E-state index in [1.54, 1.807) is 0 Å². The first-order chi connectivity index (χ1) is 6.02. The molecule has 0 spiro atoms. The number of rotatable bonds is 0. The molecule has 0 aromatic carbocycles. The van der Waals surface area contributed by atoms with Gasteiger partial charge in [0.05, 0.1) is 12.2 Å². The average molecular weight is 184 g/mol. The summed E-state index contributed by atoms with van der Waals surface area (Å²) in [5.74, 6) is 0.738. The molecule has 0 bridgehead atoms. The molecule has 0 aliphatic heterocycles. The molecule has 13 heavy (non-hydrogen) atoms. The Morgan fingerprint density at radius 2 is 1.77 bits per heavy atom. The lowest BCUT2D eigenvalue weighted by Gasteiger charge is -2.43. The predicted octanol–water partition coefficient (Wildman–Crippen LogP) is 1.55. The van der Waals surface area contributed by atoms with E-state index in [1.165, 1.54) is 6.42 Å². The van der Waals surface area contributed by atoms with Crippen LogP contribution in [0.1, 0.15) is 39.5 Å². The minimum atomic E-state index is -0.302. The van der Waals surface area contributed by atoms with Crippen molar-refractivity contribution < 1.29 is 10.2 Å². The second-order valence-corrected chi connectivity index (χ2v) is 5.45. The maximum atomic E-state index is 10.1. The SMILES string of the molecule is CC1(C)CCC2CCC(O)C2C1O. The van der Waals surface area contributed by atoms with Gasteiger partial charge in [0.1, 0.15) is 0 Å². The van der Waals surface area contributed by atoms with Gasteiger partial charge in [-0.15, -0.1) is 0 Å².